The summed E-state index contributed by atoms with van der Waals surface area (Å²) in [7, 11) is 0. The molecular formula is C13H13NO5. The fourth-order valence-electron chi connectivity index (χ4n) is 1.12. The Kier molecular flexibility index (Phi) is 5.81. The predicted octanol–water partition coefficient (Wildman–Crippen LogP) is 3.24. The molecule has 0 bridgehead atoms. The van der Waals surface area contributed by atoms with Crippen molar-refractivity contribution in [3.63, 3.8) is 0 Å². The topological polar surface area (TPSA) is 78.7 Å². The van der Waals surface area contributed by atoms with Gasteiger partial charge in [-0.25, -0.2) is 4.79 Å². The molecule has 19 heavy (non-hydrogen) atoms. The average Bonchev–Trinajstić information content (AvgIpc) is 2.39. The van der Waals surface area contributed by atoms with Crippen LogP contribution in [0.3, 0.4) is 0 Å². The Morgan fingerprint density at radius 2 is 2.00 bits per heavy atom. The number of hydrogen-bond donors (Lipinski definition) is 0. The van der Waals surface area contributed by atoms with Gasteiger partial charge < -0.3 is 9.47 Å². The van der Waals surface area contributed by atoms with Crippen molar-refractivity contribution >= 4 is 11.8 Å². The minimum Gasteiger partial charge on any atom is -0.430 e. The lowest BCUT2D eigenvalue weighted by Crippen LogP contribution is -2.10. The molecule has 1 aromatic rings. The first kappa shape index (κ1) is 14.4. The van der Waals surface area contributed by atoms with Gasteiger partial charge in [0.05, 0.1) is 4.92 Å². The Bertz CT molecular complexity index is 490. The molecule has 1 rings (SSSR count). The average molecular weight is 263 g/mol. The van der Waals surface area contributed by atoms with E-state index in [0.717, 1.165) is 0 Å². The number of hydrogen-bond acceptors (Lipinski definition) is 5. The molecular weight excluding hydrogens is 250 g/mol. The third-order valence-corrected chi connectivity index (χ3v) is 1.99. The number of non-ortho nitro benzene ring substituents is 1. The van der Waals surface area contributed by atoms with Crippen LogP contribution < -0.4 is 4.74 Å². The van der Waals surface area contributed by atoms with Gasteiger partial charge in [0.15, 0.2) is 0 Å². The molecule has 0 amide bonds. The summed E-state index contributed by atoms with van der Waals surface area (Å²) >= 11 is 0. The van der Waals surface area contributed by atoms with E-state index in [2.05, 4.69) is 0 Å². The summed E-state index contributed by atoms with van der Waals surface area (Å²) in [5.74, 6) is 0.188. The van der Waals surface area contributed by atoms with Gasteiger partial charge in [0.25, 0.3) is 5.69 Å². The van der Waals surface area contributed by atoms with Gasteiger partial charge in [0.2, 0.25) is 0 Å². The zero-order valence-corrected chi connectivity index (χ0v) is 10.3. The highest BCUT2D eigenvalue weighted by Crippen LogP contribution is 2.17. The fourth-order valence-corrected chi connectivity index (χ4v) is 1.12. The Balaban J connectivity index is 2.42. The molecule has 1 aromatic carbocycles. The van der Waals surface area contributed by atoms with Gasteiger partial charge in [-0.2, -0.15) is 0 Å². The van der Waals surface area contributed by atoms with Crippen LogP contribution in [0.2, 0.25) is 0 Å². The van der Waals surface area contributed by atoms with Crippen molar-refractivity contribution in [1.82, 2.24) is 0 Å². The maximum absolute atomic E-state index is 11.2. The molecule has 6 heteroatoms. The molecule has 0 aliphatic heterocycles. The zero-order chi connectivity index (χ0) is 14.1. The molecule has 0 aromatic heterocycles. The van der Waals surface area contributed by atoms with Crippen molar-refractivity contribution in [3.05, 3.63) is 58.7 Å². The van der Waals surface area contributed by atoms with Gasteiger partial charge in [0, 0.05) is 12.1 Å². The largest absolute Gasteiger partial charge is 0.514 e. The summed E-state index contributed by atoms with van der Waals surface area (Å²) in [6.45, 7) is 1.96. The van der Waals surface area contributed by atoms with Crippen molar-refractivity contribution in [1.29, 1.82) is 0 Å². The van der Waals surface area contributed by atoms with Crippen molar-refractivity contribution in [2.24, 2.45) is 0 Å². The molecule has 0 saturated heterocycles. The molecule has 0 atom stereocenters. The van der Waals surface area contributed by atoms with Crippen LogP contribution in [-0.2, 0) is 4.74 Å². The number of rotatable bonds is 5. The van der Waals surface area contributed by atoms with E-state index in [4.69, 9.17) is 9.47 Å². The number of ether oxygens (including phenoxy) is 2. The number of nitro groups is 1. The van der Waals surface area contributed by atoms with Crippen LogP contribution in [0.5, 0.6) is 5.75 Å². The van der Waals surface area contributed by atoms with Gasteiger partial charge in [-0.1, -0.05) is 18.2 Å². The van der Waals surface area contributed by atoms with Crippen LogP contribution in [0.4, 0.5) is 10.5 Å². The van der Waals surface area contributed by atoms with Crippen molar-refractivity contribution in [2.75, 3.05) is 6.61 Å². The molecule has 0 heterocycles. The standard InChI is InChI=1S/C13H13NO5/c1-2-3-4-5-10-18-13(15)19-12-8-6-11(7-9-12)14(16)17/h2-9H,10H2,1H3/b3-2+,5-4+. The fraction of sp³-hybridized carbons (Fsp3) is 0.154. The van der Waals surface area contributed by atoms with Crippen LogP contribution in [0.25, 0.3) is 0 Å². The third-order valence-electron chi connectivity index (χ3n) is 1.99. The quantitative estimate of drug-likeness (QED) is 0.268. The first-order chi connectivity index (χ1) is 9.13. The van der Waals surface area contributed by atoms with Crippen LogP contribution in [0.1, 0.15) is 6.92 Å². The highest BCUT2D eigenvalue weighted by molar-refractivity contribution is 5.64. The lowest BCUT2D eigenvalue weighted by molar-refractivity contribution is -0.384. The molecule has 0 aliphatic carbocycles. The second-order valence-corrected chi connectivity index (χ2v) is 3.37. The molecule has 0 spiro atoms. The lowest BCUT2D eigenvalue weighted by atomic mass is 10.3. The number of nitro benzene ring substituents is 1. The van der Waals surface area contributed by atoms with Crippen molar-refractivity contribution in [3.8, 4) is 5.75 Å². The van der Waals surface area contributed by atoms with Crippen LogP contribution >= 0.6 is 0 Å². The van der Waals surface area contributed by atoms with Crippen molar-refractivity contribution in [2.45, 2.75) is 6.92 Å². The number of carbonyl (C=O) groups is 1. The summed E-state index contributed by atoms with van der Waals surface area (Å²) in [4.78, 5) is 21.1. The number of allylic oxidation sites excluding steroid dienone is 3. The van der Waals surface area contributed by atoms with Gasteiger partial charge in [-0.3, -0.25) is 10.1 Å². The first-order valence-electron chi connectivity index (χ1n) is 5.50. The number of carbonyl (C=O) groups excluding carboxylic acids is 1. The van der Waals surface area contributed by atoms with E-state index in [1.165, 1.54) is 24.3 Å². The monoisotopic (exact) mass is 263 g/mol. The predicted molar refractivity (Wildman–Crippen MR) is 69.0 cm³/mol. The van der Waals surface area contributed by atoms with E-state index in [1.54, 1.807) is 18.2 Å². The van der Waals surface area contributed by atoms with Crippen LogP contribution in [0.15, 0.2) is 48.6 Å². The third kappa shape index (κ3) is 5.49. The maximum atomic E-state index is 11.2. The minimum absolute atomic E-state index is 0.0741. The summed E-state index contributed by atoms with van der Waals surface area (Å²) in [5.41, 5.74) is -0.0741. The normalized spacial score (nSPS) is 10.8. The lowest BCUT2D eigenvalue weighted by Gasteiger charge is -2.03. The second kappa shape index (κ2) is 7.65. The van der Waals surface area contributed by atoms with E-state index in [-0.39, 0.29) is 18.0 Å². The van der Waals surface area contributed by atoms with Gasteiger partial charge >= 0.3 is 6.16 Å². The molecule has 0 N–H and O–H groups in total. The molecule has 6 nitrogen and oxygen atoms in total. The summed E-state index contributed by atoms with van der Waals surface area (Å²) in [6.07, 6.45) is 6.16. The molecule has 0 unspecified atom stereocenters. The van der Waals surface area contributed by atoms with Gasteiger partial charge in [-0.05, 0) is 25.1 Å². The summed E-state index contributed by atoms with van der Waals surface area (Å²) < 4.78 is 9.57. The van der Waals surface area contributed by atoms with E-state index in [1.807, 2.05) is 13.0 Å². The minimum atomic E-state index is -0.862. The Hall–Kier alpha value is -2.63. The van der Waals surface area contributed by atoms with Gasteiger partial charge in [-0.15, -0.1) is 0 Å². The first-order valence-corrected chi connectivity index (χ1v) is 5.50. The summed E-state index contributed by atoms with van der Waals surface area (Å²) in [5, 5.41) is 10.4. The van der Waals surface area contributed by atoms with Crippen LogP contribution in [0, 0.1) is 10.1 Å². The molecule has 0 aliphatic rings. The highest BCUT2D eigenvalue weighted by atomic mass is 16.7. The molecule has 0 fully saturated rings. The molecule has 0 radical (unpaired) electrons. The summed E-state index contributed by atoms with van der Waals surface area (Å²) in [6, 6.07) is 5.15. The highest BCUT2D eigenvalue weighted by Gasteiger charge is 2.08. The van der Waals surface area contributed by atoms with Crippen molar-refractivity contribution < 1.29 is 19.2 Å². The van der Waals surface area contributed by atoms with Gasteiger partial charge in [0.1, 0.15) is 12.4 Å². The Morgan fingerprint density at radius 1 is 1.32 bits per heavy atom. The van der Waals surface area contributed by atoms with Crippen LogP contribution in [-0.4, -0.2) is 17.7 Å². The molecule has 100 valence electrons. The second-order valence-electron chi connectivity index (χ2n) is 3.37. The van der Waals surface area contributed by atoms with E-state index >= 15 is 0 Å². The number of benzene rings is 1. The van der Waals surface area contributed by atoms with E-state index in [0.29, 0.717) is 0 Å². The SMILES string of the molecule is C/C=C/C=C/COC(=O)Oc1ccc([N+](=O)[O-])cc1. The Labute approximate surface area is 110 Å². The number of nitrogens with zero attached hydrogens (tertiary/aromatic N) is 1. The smallest absolute Gasteiger partial charge is 0.430 e. The maximum Gasteiger partial charge on any atom is 0.514 e. The molecule has 0 saturated carbocycles. The Morgan fingerprint density at radius 3 is 2.58 bits per heavy atom. The van der Waals surface area contributed by atoms with E-state index < -0.39 is 11.1 Å². The van der Waals surface area contributed by atoms with E-state index in [9.17, 15) is 14.9 Å². The zero-order valence-electron chi connectivity index (χ0n) is 10.3.